The zero-order chi connectivity index (χ0) is 23.5. The number of amidine groups is 1. The van der Waals surface area contributed by atoms with Gasteiger partial charge in [-0.3, -0.25) is 4.79 Å². The number of nitrogens with one attached hydrogen (secondary N) is 1. The van der Waals surface area contributed by atoms with Gasteiger partial charge in [0.25, 0.3) is 5.91 Å². The minimum Gasteiger partial charge on any atom is -0.497 e. The number of hydrogen-bond acceptors (Lipinski definition) is 6. The maximum Gasteiger partial charge on any atom is 0.339 e. The van der Waals surface area contributed by atoms with Gasteiger partial charge in [0.1, 0.15) is 5.75 Å². The number of methoxy groups -OCH3 is 2. The summed E-state index contributed by atoms with van der Waals surface area (Å²) in [6.07, 6.45) is 1.84. The monoisotopic (exact) mass is 461 g/mol. The third-order valence-electron chi connectivity index (χ3n) is 5.26. The van der Waals surface area contributed by atoms with Gasteiger partial charge < -0.3 is 19.4 Å². The molecule has 0 unspecified atom stereocenters. The van der Waals surface area contributed by atoms with Gasteiger partial charge in [-0.1, -0.05) is 12.1 Å². The smallest absolute Gasteiger partial charge is 0.339 e. The van der Waals surface area contributed by atoms with Crippen LogP contribution >= 0.6 is 11.8 Å². The first-order valence-electron chi connectivity index (χ1n) is 10.2. The van der Waals surface area contributed by atoms with Crippen LogP contribution in [0.15, 0.2) is 64.5 Å². The van der Waals surface area contributed by atoms with E-state index in [0.29, 0.717) is 15.6 Å². The summed E-state index contributed by atoms with van der Waals surface area (Å²) in [5, 5.41) is 3.33. The van der Waals surface area contributed by atoms with E-state index in [1.54, 1.807) is 19.2 Å². The molecule has 0 aliphatic carbocycles. The molecule has 2 aromatic carbocycles. The van der Waals surface area contributed by atoms with Crippen molar-refractivity contribution in [2.24, 2.45) is 4.99 Å². The van der Waals surface area contributed by atoms with Gasteiger partial charge in [0.05, 0.1) is 36.1 Å². The molecule has 168 valence electrons. The Morgan fingerprint density at radius 1 is 1.09 bits per heavy atom. The molecule has 0 spiro atoms. The Labute approximate surface area is 196 Å². The van der Waals surface area contributed by atoms with E-state index in [-0.39, 0.29) is 5.91 Å². The lowest BCUT2D eigenvalue weighted by molar-refractivity contribution is -0.115. The highest BCUT2D eigenvalue weighted by atomic mass is 32.2. The second kappa shape index (κ2) is 9.38. The Balaban J connectivity index is 1.65. The fraction of sp³-hybridized carbons (Fsp3) is 0.160. The molecule has 0 radical (unpaired) electrons. The number of carbonyl (C=O) groups is 2. The van der Waals surface area contributed by atoms with E-state index in [0.717, 1.165) is 34.1 Å². The second-order valence-corrected chi connectivity index (χ2v) is 8.38. The number of ether oxygens (including phenoxy) is 2. The predicted octanol–water partition coefficient (Wildman–Crippen LogP) is 4.78. The van der Waals surface area contributed by atoms with Crippen LogP contribution in [0.1, 0.15) is 27.3 Å². The van der Waals surface area contributed by atoms with E-state index in [1.807, 2.05) is 67.0 Å². The average Bonchev–Trinajstić information content (AvgIpc) is 3.31. The van der Waals surface area contributed by atoms with Crippen LogP contribution in [0, 0.1) is 13.8 Å². The van der Waals surface area contributed by atoms with Crippen LogP contribution in [-0.4, -0.2) is 35.8 Å². The van der Waals surface area contributed by atoms with Gasteiger partial charge in [-0.15, -0.1) is 0 Å². The van der Waals surface area contributed by atoms with Crippen LogP contribution in [0.25, 0.3) is 11.8 Å². The Morgan fingerprint density at radius 3 is 2.52 bits per heavy atom. The van der Waals surface area contributed by atoms with Gasteiger partial charge in [0, 0.05) is 11.4 Å². The van der Waals surface area contributed by atoms with Crippen molar-refractivity contribution >= 4 is 40.6 Å². The summed E-state index contributed by atoms with van der Waals surface area (Å²) in [5.41, 5.74) is 4.65. The van der Waals surface area contributed by atoms with E-state index in [2.05, 4.69) is 10.3 Å². The highest BCUT2D eigenvalue weighted by Gasteiger charge is 2.25. The number of aryl methyl sites for hydroxylation is 1. The number of carbonyl (C=O) groups excluding carboxylic acids is 2. The van der Waals surface area contributed by atoms with E-state index in [9.17, 15) is 9.59 Å². The normalized spacial score (nSPS) is 15.7. The highest BCUT2D eigenvalue weighted by molar-refractivity contribution is 8.18. The molecular weight excluding hydrogens is 438 g/mol. The number of benzene rings is 2. The zero-order valence-corrected chi connectivity index (χ0v) is 19.5. The van der Waals surface area contributed by atoms with Crippen LogP contribution in [0.5, 0.6) is 5.75 Å². The maximum absolute atomic E-state index is 12.6. The number of rotatable bonds is 5. The minimum absolute atomic E-state index is 0.202. The first-order chi connectivity index (χ1) is 15.9. The van der Waals surface area contributed by atoms with Crippen LogP contribution in [-0.2, 0) is 9.53 Å². The van der Waals surface area contributed by atoms with Crippen molar-refractivity contribution in [1.29, 1.82) is 0 Å². The summed E-state index contributed by atoms with van der Waals surface area (Å²) in [6, 6.07) is 16.6. The van der Waals surface area contributed by atoms with Crippen molar-refractivity contribution in [1.82, 2.24) is 9.88 Å². The van der Waals surface area contributed by atoms with Crippen LogP contribution in [0.3, 0.4) is 0 Å². The lowest BCUT2D eigenvalue weighted by atomic mass is 10.1. The summed E-state index contributed by atoms with van der Waals surface area (Å²) in [5.74, 6) is 0.141. The summed E-state index contributed by atoms with van der Waals surface area (Å²) in [7, 11) is 2.97. The van der Waals surface area contributed by atoms with Gasteiger partial charge in [-0.05, 0) is 79.7 Å². The van der Waals surface area contributed by atoms with Gasteiger partial charge in [-0.25, -0.2) is 9.79 Å². The van der Waals surface area contributed by atoms with Crippen molar-refractivity contribution < 1.29 is 19.1 Å². The topological polar surface area (TPSA) is 81.9 Å². The molecule has 1 aliphatic rings. The number of esters is 1. The van der Waals surface area contributed by atoms with Crippen molar-refractivity contribution in [3.8, 4) is 11.4 Å². The Hall–Kier alpha value is -3.78. The minimum atomic E-state index is -0.400. The van der Waals surface area contributed by atoms with E-state index >= 15 is 0 Å². The Bertz CT molecular complexity index is 1290. The molecule has 8 heteroatoms. The molecule has 1 aliphatic heterocycles. The number of aromatic nitrogens is 1. The molecule has 0 atom stereocenters. The van der Waals surface area contributed by atoms with Crippen molar-refractivity contribution in [3.63, 3.8) is 0 Å². The van der Waals surface area contributed by atoms with Gasteiger partial charge in [0.2, 0.25) is 0 Å². The first kappa shape index (κ1) is 22.4. The van der Waals surface area contributed by atoms with E-state index in [4.69, 9.17) is 9.47 Å². The molecule has 0 saturated carbocycles. The first-order valence-corrected chi connectivity index (χ1v) is 11.0. The highest BCUT2D eigenvalue weighted by Crippen LogP contribution is 2.31. The molecule has 1 saturated heterocycles. The maximum atomic E-state index is 12.6. The largest absolute Gasteiger partial charge is 0.497 e. The summed E-state index contributed by atoms with van der Waals surface area (Å²) < 4.78 is 12.1. The van der Waals surface area contributed by atoms with E-state index < -0.39 is 5.97 Å². The third kappa shape index (κ3) is 4.56. The molecule has 1 fully saturated rings. The summed E-state index contributed by atoms with van der Waals surface area (Å²) >= 11 is 1.29. The van der Waals surface area contributed by atoms with Crippen LogP contribution < -0.4 is 10.1 Å². The number of thioether (sulfide) groups is 1. The Morgan fingerprint density at radius 2 is 1.82 bits per heavy atom. The molecule has 1 amide bonds. The van der Waals surface area contributed by atoms with Crippen molar-refractivity contribution in [2.45, 2.75) is 13.8 Å². The fourth-order valence-electron chi connectivity index (χ4n) is 3.65. The average molecular weight is 462 g/mol. The molecular formula is C25H23N3O4S. The number of amides is 1. The molecule has 2 heterocycles. The number of para-hydroxylation sites is 1. The van der Waals surface area contributed by atoms with Crippen LogP contribution in [0.4, 0.5) is 5.69 Å². The lowest BCUT2D eigenvalue weighted by Gasteiger charge is -2.13. The fourth-order valence-corrected chi connectivity index (χ4v) is 4.48. The molecule has 0 bridgehead atoms. The van der Waals surface area contributed by atoms with Gasteiger partial charge in [0.15, 0.2) is 5.17 Å². The molecule has 4 rings (SSSR count). The number of hydrogen-bond donors (Lipinski definition) is 1. The quantitative estimate of drug-likeness (QED) is 0.437. The molecule has 7 nitrogen and oxygen atoms in total. The van der Waals surface area contributed by atoms with Crippen molar-refractivity contribution in [2.75, 3.05) is 14.2 Å². The molecule has 1 aromatic heterocycles. The summed E-state index contributed by atoms with van der Waals surface area (Å²) in [4.78, 5) is 29.9. The van der Waals surface area contributed by atoms with Gasteiger partial charge >= 0.3 is 5.97 Å². The van der Waals surface area contributed by atoms with Crippen molar-refractivity contribution in [3.05, 3.63) is 82.0 Å². The SMILES string of the molecule is COC(=O)c1ccccc1-n1c(C)cc(/C=C2/SC(=Nc3ccc(OC)cc3)NC2=O)c1C. The predicted molar refractivity (Wildman–Crippen MR) is 130 cm³/mol. The molecule has 33 heavy (non-hydrogen) atoms. The molecule has 3 aromatic rings. The molecule has 1 N–H and O–H groups in total. The lowest BCUT2D eigenvalue weighted by Crippen LogP contribution is -2.19. The zero-order valence-electron chi connectivity index (χ0n) is 18.7. The number of aliphatic imine (C=N–C) groups is 1. The van der Waals surface area contributed by atoms with Gasteiger partial charge in [-0.2, -0.15) is 0 Å². The second-order valence-electron chi connectivity index (χ2n) is 7.35. The Kier molecular flexibility index (Phi) is 6.37. The third-order valence-corrected chi connectivity index (χ3v) is 6.17. The summed E-state index contributed by atoms with van der Waals surface area (Å²) in [6.45, 7) is 3.92. The standard InChI is InChI=1S/C25H23N3O4S/c1-15-13-17(16(2)28(15)21-8-6-5-7-20(21)24(30)32-4)14-22-23(29)27-25(33-22)26-18-9-11-19(31-3)12-10-18/h5-14H,1-4H3,(H,26,27,29)/b22-14+. The van der Waals surface area contributed by atoms with E-state index in [1.165, 1.54) is 18.9 Å². The number of nitrogens with zero attached hydrogens (tertiary/aromatic N) is 2. The van der Waals surface area contributed by atoms with Crippen LogP contribution in [0.2, 0.25) is 0 Å².